The van der Waals surface area contributed by atoms with Crippen LogP contribution in [0.2, 0.25) is 0 Å². The summed E-state index contributed by atoms with van der Waals surface area (Å²) in [6.07, 6.45) is 2.60. The number of hydrogen-bond acceptors (Lipinski definition) is 2. The van der Waals surface area contributed by atoms with Crippen molar-refractivity contribution >= 4 is 11.3 Å². The zero-order valence-corrected chi connectivity index (χ0v) is 10.8. The molecule has 2 aromatic rings. The van der Waals surface area contributed by atoms with E-state index < -0.39 is 0 Å². The molecule has 0 bridgehead atoms. The maximum atomic E-state index is 13.3. The zero-order chi connectivity index (χ0) is 12.2. The average molecular weight is 259 g/mol. The number of benzene rings is 1. The van der Waals surface area contributed by atoms with Gasteiger partial charge >= 0.3 is 0 Å². The normalized spacial score (nSPS) is 19.8. The summed E-state index contributed by atoms with van der Waals surface area (Å²) < 4.78 is 13.3. The van der Waals surface area contributed by atoms with Crippen LogP contribution in [0.15, 0.2) is 30.3 Å². The van der Waals surface area contributed by atoms with Crippen LogP contribution in [0.1, 0.15) is 23.3 Å². The van der Waals surface area contributed by atoms with Gasteiger partial charge in [0, 0.05) is 28.3 Å². The van der Waals surface area contributed by atoms with Gasteiger partial charge in [-0.1, -0.05) is 12.1 Å². The molecule has 1 spiro atoms. The predicted octanol–water partition coefficient (Wildman–Crippen LogP) is 3.69. The van der Waals surface area contributed by atoms with E-state index in [0.717, 1.165) is 18.7 Å². The first-order chi connectivity index (χ1) is 8.77. The Balaban J connectivity index is 1.82. The summed E-state index contributed by atoms with van der Waals surface area (Å²) in [5, 5.41) is 3.51. The summed E-state index contributed by atoms with van der Waals surface area (Å²) in [7, 11) is 0. The van der Waals surface area contributed by atoms with Crippen molar-refractivity contribution in [2.45, 2.75) is 24.8 Å². The van der Waals surface area contributed by atoms with Crippen LogP contribution in [0.5, 0.6) is 0 Å². The molecule has 18 heavy (non-hydrogen) atoms. The van der Waals surface area contributed by atoms with Gasteiger partial charge in [0.25, 0.3) is 0 Å². The maximum Gasteiger partial charge on any atom is 0.123 e. The van der Waals surface area contributed by atoms with Gasteiger partial charge in [0.2, 0.25) is 0 Å². The second kappa shape index (κ2) is 3.65. The first kappa shape index (κ1) is 10.7. The Hall–Kier alpha value is -1.19. The highest BCUT2D eigenvalue weighted by atomic mass is 32.1. The molecule has 1 nitrogen and oxygen atoms in total. The highest BCUT2D eigenvalue weighted by molar-refractivity contribution is 7.15. The van der Waals surface area contributed by atoms with Crippen LogP contribution in [-0.2, 0) is 12.0 Å². The van der Waals surface area contributed by atoms with Gasteiger partial charge in [-0.25, -0.2) is 4.39 Å². The summed E-state index contributed by atoms with van der Waals surface area (Å²) in [5.41, 5.74) is 2.94. The van der Waals surface area contributed by atoms with Crippen molar-refractivity contribution in [3.63, 3.8) is 0 Å². The summed E-state index contributed by atoms with van der Waals surface area (Å²) in [6, 6.07) is 9.20. The van der Waals surface area contributed by atoms with Gasteiger partial charge in [0.15, 0.2) is 0 Å². The lowest BCUT2D eigenvalue weighted by Gasteiger charge is -2.22. The Bertz CT molecular complexity index is 613. The van der Waals surface area contributed by atoms with Crippen LogP contribution < -0.4 is 5.32 Å². The van der Waals surface area contributed by atoms with Crippen molar-refractivity contribution in [1.82, 2.24) is 5.32 Å². The summed E-state index contributed by atoms with van der Waals surface area (Å²) in [4.78, 5) is 2.65. The predicted molar refractivity (Wildman–Crippen MR) is 72.3 cm³/mol. The van der Waals surface area contributed by atoms with Gasteiger partial charge in [-0.15, -0.1) is 11.3 Å². The topological polar surface area (TPSA) is 12.0 Å². The van der Waals surface area contributed by atoms with E-state index in [9.17, 15) is 4.39 Å². The lowest BCUT2D eigenvalue weighted by molar-refractivity contribution is 0.539. The number of halogens is 1. The number of rotatable bonds is 1. The van der Waals surface area contributed by atoms with E-state index in [2.05, 4.69) is 11.4 Å². The fourth-order valence-corrected chi connectivity index (χ4v) is 4.15. The standard InChI is InChI=1S/C15H14FNS/c16-11-3-1-2-10(6-11)13-7-12-14(18-13)8-17-9-15(12)4-5-15/h1-3,6-7,17H,4-5,8-9H2. The van der Waals surface area contributed by atoms with Crippen LogP contribution in [0, 0.1) is 5.82 Å². The Morgan fingerprint density at radius 3 is 2.89 bits per heavy atom. The number of fused-ring (bicyclic) bond motifs is 2. The monoisotopic (exact) mass is 259 g/mol. The highest BCUT2D eigenvalue weighted by Gasteiger charge is 2.47. The molecule has 1 N–H and O–H groups in total. The Labute approximate surface area is 110 Å². The van der Waals surface area contributed by atoms with Crippen molar-refractivity contribution in [3.05, 3.63) is 46.6 Å². The van der Waals surface area contributed by atoms with Crippen LogP contribution in [-0.4, -0.2) is 6.54 Å². The molecule has 0 radical (unpaired) electrons. The van der Waals surface area contributed by atoms with E-state index in [1.54, 1.807) is 12.1 Å². The van der Waals surface area contributed by atoms with Crippen LogP contribution in [0.3, 0.4) is 0 Å². The molecule has 1 aromatic heterocycles. The van der Waals surface area contributed by atoms with Crippen LogP contribution in [0.25, 0.3) is 10.4 Å². The van der Waals surface area contributed by atoms with Gasteiger partial charge in [0.05, 0.1) is 0 Å². The second-order valence-electron chi connectivity index (χ2n) is 5.34. The minimum Gasteiger partial charge on any atom is -0.311 e. The number of hydrogen-bond donors (Lipinski definition) is 1. The molecule has 2 heterocycles. The van der Waals surface area contributed by atoms with E-state index >= 15 is 0 Å². The van der Waals surface area contributed by atoms with Crippen molar-refractivity contribution in [1.29, 1.82) is 0 Å². The summed E-state index contributed by atoms with van der Waals surface area (Å²) in [5.74, 6) is -0.155. The molecule has 4 rings (SSSR count). The third-order valence-electron chi connectivity index (χ3n) is 4.09. The molecule has 92 valence electrons. The van der Waals surface area contributed by atoms with Gasteiger partial charge < -0.3 is 5.32 Å². The molecule has 1 aliphatic heterocycles. The number of nitrogens with one attached hydrogen (secondary N) is 1. The highest BCUT2D eigenvalue weighted by Crippen LogP contribution is 2.53. The van der Waals surface area contributed by atoms with E-state index in [1.807, 2.05) is 17.4 Å². The quantitative estimate of drug-likeness (QED) is 0.823. The molecular formula is C15H14FNS. The minimum absolute atomic E-state index is 0.155. The summed E-state index contributed by atoms with van der Waals surface area (Å²) in [6.45, 7) is 2.08. The lowest BCUT2D eigenvalue weighted by atomic mass is 9.93. The molecule has 1 aromatic carbocycles. The molecule has 0 atom stereocenters. The SMILES string of the molecule is Fc1cccc(-c2cc3c(s2)CNCC32CC2)c1. The Morgan fingerprint density at radius 2 is 2.11 bits per heavy atom. The molecule has 2 aliphatic rings. The van der Waals surface area contributed by atoms with Gasteiger partial charge in [-0.2, -0.15) is 0 Å². The second-order valence-corrected chi connectivity index (χ2v) is 6.48. The molecular weight excluding hydrogens is 245 g/mol. The minimum atomic E-state index is -0.155. The molecule has 0 amide bonds. The zero-order valence-electron chi connectivity index (χ0n) is 10.0. The van der Waals surface area contributed by atoms with E-state index in [1.165, 1.54) is 34.2 Å². The van der Waals surface area contributed by atoms with Crippen molar-refractivity contribution < 1.29 is 4.39 Å². The van der Waals surface area contributed by atoms with Gasteiger partial charge in [-0.05, 0) is 42.2 Å². The fourth-order valence-electron chi connectivity index (χ4n) is 2.90. The smallest absolute Gasteiger partial charge is 0.123 e. The fraction of sp³-hybridized carbons (Fsp3) is 0.333. The van der Waals surface area contributed by atoms with E-state index in [-0.39, 0.29) is 5.82 Å². The maximum absolute atomic E-state index is 13.3. The van der Waals surface area contributed by atoms with Crippen LogP contribution >= 0.6 is 11.3 Å². The largest absolute Gasteiger partial charge is 0.311 e. The average Bonchev–Trinajstić information content (AvgIpc) is 2.99. The van der Waals surface area contributed by atoms with Crippen molar-refractivity contribution in [2.75, 3.05) is 6.54 Å². The molecule has 3 heteroatoms. The molecule has 0 saturated heterocycles. The number of thiophene rings is 1. The first-order valence-corrected chi connectivity index (χ1v) is 7.18. The Morgan fingerprint density at radius 1 is 1.22 bits per heavy atom. The molecule has 0 unspecified atom stereocenters. The Kier molecular flexibility index (Phi) is 2.17. The third kappa shape index (κ3) is 1.54. The van der Waals surface area contributed by atoms with E-state index in [0.29, 0.717) is 5.41 Å². The van der Waals surface area contributed by atoms with Crippen molar-refractivity contribution in [2.24, 2.45) is 0 Å². The van der Waals surface area contributed by atoms with E-state index in [4.69, 9.17) is 0 Å². The molecule has 1 saturated carbocycles. The third-order valence-corrected chi connectivity index (χ3v) is 5.28. The molecule has 1 fully saturated rings. The molecule has 1 aliphatic carbocycles. The van der Waals surface area contributed by atoms with Gasteiger partial charge in [-0.3, -0.25) is 0 Å². The summed E-state index contributed by atoms with van der Waals surface area (Å²) >= 11 is 1.81. The lowest BCUT2D eigenvalue weighted by Crippen LogP contribution is -2.31. The van der Waals surface area contributed by atoms with Crippen molar-refractivity contribution in [3.8, 4) is 10.4 Å². The first-order valence-electron chi connectivity index (χ1n) is 6.37. The van der Waals surface area contributed by atoms with Gasteiger partial charge in [0.1, 0.15) is 5.82 Å². The van der Waals surface area contributed by atoms with Crippen LogP contribution in [0.4, 0.5) is 4.39 Å².